The molecule has 98 valence electrons. The second kappa shape index (κ2) is 5.67. The van der Waals surface area contributed by atoms with E-state index >= 15 is 0 Å². The number of anilines is 1. The van der Waals surface area contributed by atoms with E-state index in [1.807, 2.05) is 60.7 Å². The summed E-state index contributed by atoms with van der Waals surface area (Å²) in [5.41, 5.74) is 7.01. The van der Waals surface area contributed by atoms with Crippen molar-refractivity contribution in [2.75, 3.05) is 5.32 Å². The van der Waals surface area contributed by atoms with Crippen LogP contribution in [0, 0.1) is 0 Å². The van der Waals surface area contributed by atoms with Gasteiger partial charge in [-0.25, -0.2) is 0 Å². The van der Waals surface area contributed by atoms with E-state index in [2.05, 4.69) is 5.32 Å². The molecule has 0 bridgehead atoms. The molecule has 0 aliphatic heterocycles. The highest BCUT2D eigenvalue weighted by molar-refractivity contribution is 5.97. The summed E-state index contributed by atoms with van der Waals surface area (Å²) < 4.78 is 0. The Balaban J connectivity index is 2.05. The number of benzene rings is 2. The summed E-state index contributed by atoms with van der Waals surface area (Å²) in [4.78, 5) is 12.2. The van der Waals surface area contributed by atoms with E-state index in [1.54, 1.807) is 6.92 Å². The van der Waals surface area contributed by atoms with Crippen LogP contribution in [-0.2, 0) is 11.2 Å². The van der Waals surface area contributed by atoms with Gasteiger partial charge in [0.05, 0.1) is 5.54 Å². The van der Waals surface area contributed by atoms with Crippen molar-refractivity contribution < 1.29 is 4.79 Å². The predicted molar refractivity (Wildman–Crippen MR) is 77.8 cm³/mol. The van der Waals surface area contributed by atoms with Gasteiger partial charge in [0.2, 0.25) is 5.91 Å². The van der Waals surface area contributed by atoms with Crippen LogP contribution in [0.1, 0.15) is 12.5 Å². The first kappa shape index (κ1) is 13.3. The Morgan fingerprint density at radius 2 is 1.58 bits per heavy atom. The van der Waals surface area contributed by atoms with Crippen molar-refractivity contribution in [1.29, 1.82) is 0 Å². The quantitative estimate of drug-likeness (QED) is 0.881. The molecular formula is C16H18N2O. The topological polar surface area (TPSA) is 55.1 Å². The molecule has 0 aliphatic carbocycles. The van der Waals surface area contributed by atoms with Gasteiger partial charge in [-0.2, -0.15) is 0 Å². The number of hydrogen-bond acceptors (Lipinski definition) is 2. The van der Waals surface area contributed by atoms with Crippen LogP contribution in [0.25, 0.3) is 0 Å². The Morgan fingerprint density at radius 1 is 1.05 bits per heavy atom. The molecule has 1 amide bonds. The highest BCUT2D eigenvalue weighted by Gasteiger charge is 2.28. The van der Waals surface area contributed by atoms with Gasteiger partial charge in [-0.1, -0.05) is 48.5 Å². The number of nitrogens with two attached hydrogens (primary N) is 1. The Hall–Kier alpha value is -2.13. The van der Waals surface area contributed by atoms with E-state index in [4.69, 9.17) is 5.73 Å². The molecule has 3 N–H and O–H groups in total. The second-order valence-electron chi connectivity index (χ2n) is 4.90. The third-order valence-electron chi connectivity index (χ3n) is 2.96. The maximum Gasteiger partial charge on any atom is 0.244 e. The predicted octanol–water partition coefficient (Wildman–Crippen LogP) is 2.59. The van der Waals surface area contributed by atoms with E-state index in [0.717, 1.165) is 11.3 Å². The lowest BCUT2D eigenvalue weighted by Crippen LogP contribution is -2.50. The Bertz CT molecular complexity index is 535. The standard InChI is InChI=1S/C16H18N2O/c1-16(17,12-13-8-4-2-5-9-13)15(19)18-14-10-6-3-7-11-14/h2-11H,12,17H2,1H3,(H,18,19). The van der Waals surface area contributed by atoms with E-state index < -0.39 is 5.54 Å². The van der Waals surface area contributed by atoms with Crippen molar-refractivity contribution in [2.24, 2.45) is 5.73 Å². The van der Waals surface area contributed by atoms with E-state index in [0.29, 0.717) is 6.42 Å². The van der Waals surface area contributed by atoms with Gasteiger partial charge < -0.3 is 11.1 Å². The lowest BCUT2D eigenvalue weighted by atomic mass is 9.93. The lowest BCUT2D eigenvalue weighted by Gasteiger charge is -2.23. The van der Waals surface area contributed by atoms with Crippen LogP contribution < -0.4 is 11.1 Å². The molecule has 0 heterocycles. The van der Waals surface area contributed by atoms with Gasteiger partial charge in [0.15, 0.2) is 0 Å². The number of hydrogen-bond donors (Lipinski definition) is 2. The minimum absolute atomic E-state index is 0.178. The van der Waals surface area contributed by atoms with Crippen molar-refractivity contribution in [3.05, 3.63) is 66.2 Å². The fourth-order valence-electron chi connectivity index (χ4n) is 1.90. The van der Waals surface area contributed by atoms with Gasteiger partial charge in [0.1, 0.15) is 0 Å². The van der Waals surface area contributed by atoms with Crippen molar-refractivity contribution >= 4 is 11.6 Å². The van der Waals surface area contributed by atoms with Crippen LogP contribution in [0.5, 0.6) is 0 Å². The van der Waals surface area contributed by atoms with Crippen LogP contribution in [0.4, 0.5) is 5.69 Å². The SMILES string of the molecule is CC(N)(Cc1ccccc1)C(=O)Nc1ccccc1. The molecule has 0 radical (unpaired) electrons. The molecule has 0 saturated carbocycles. The maximum absolute atomic E-state index is 12.2. The number of carbonyl (C=O) groups is 1. The monoisotopic (exact) mass is 254 g/mol. The van der Waals surface area contributed by atoms with E-state index in [9.17, 15) is 4.79 Å². The highest BCUT2D eigenvalue weighted by atomic mass is 16.2. The zero-order valence-corrected chi connectivity index (χ0v) is 11.0. The van der Waals surface area contributed by atoms with Crippen molar-refractivity contribution in [2.45, 2.75) is 18.9 Å². The van der Waals surface area contributed by atoms with Crippen LogP contribution in [0.3, 0.4) is 0 Å². The average Bonchev–Trinajstić information content (AvgIpc) is 2.40. The molecule has 0 aliphatic rings. The molecule has 19 heavy (non-hydrogen) atoms. The fraction of sp³-hybridized carbons (Fsp3) is 0.188. The number of amides is 1. The van der Waals surface area contributed by atoms with Crippen LogP contribution in [0.15, 0.2) is 60.7 Å². The average molecular weight is 254 g/mol. The van der Waals surface area contributed by atoms with Gasteiger partial charge in [-0.3, -0.25) is 4.79 Å². The van der Waals surface area contributed by atoms with Gasteiger partial charge >= 0.3 is 0 Å². The summed E-state index contributed by atoms with van der Waals surface area (Å²) in [6.45, 7) is 1.75. The summed E-state index contributed by atoms with van der Waals surface area (Å²) in [6, 6.07) is 19.1. The first-order chi connectivity index (χ1) is 9.08. The molecule has 2 aromatic rings. The van der Waals surface area contributed by atoms with Crippen molar-refractivity contribution in [1.82, 2.24) is 0 Å². The van der Waals surface area contributed by atoms with Gasteiger partial charge in [0, 0.05) is 5.69 Å². The maximum atomic E-state index is 12.2. The normalized spacial score (nSPS) is 13.6. The van der Waals surface area contributed by atoms with Crippen molar-refractivity contribution in [3.63, 3.8) is 0 Å². The summed E-state index contributed by atoms with van der Waals surface area (Å²) in [6.07, 6.45) is 0.506. The summed E-state index contributed by atoms with van der Waals surface area (Å²) in [5.74, 6) is -0.178. The Labute approximate surface area is 113 Å². The van der Waals surface area contributed by atoms with Gasteiger partial charge in [0.25, 0.3) is 0 Å². The summed E-state index contributed by atoms with van der Waals surface area (Å²) >= 11 is 0. The summed E-state index contributed by atoms with van der Waals surface area (Å²) in [7, 11) is 0. The number of rotatable bonds is 4. The number of carbonyl (C=O) groups excluding carboxylic acids is 1. The number of nitrogens with one attached hydrogen (secondary N) is 1. The van der Waals surface area contributed by atoms with Crippen LogP contribution in [0.2, 0.25) is 0 Å². The van der Waals surface area contributed by atoms with Crippen LogP contribution >= 0.6 is 0 Å². The molecule has 0 spiro atoms. The fourth-order valence-corrected chi connectivity index (χ4v) is 1.90. The molecule has 2 rings (SSSR count). The molecule has 2 aromatic carbocycles. The van der Waals surface area contributed by atoms with Gasteiger partial charge in [-0.05, 0) is 31.0 Å². The van der Waals surface area contributed by atoms with Gasteiger partial charge in [-0.15, -0.1) is 0 Å². The van der Waals surface area contributed by atoms with Crippen molar-refractivity contribution in [3.8, 4) is 0 Å². The summed E-state index contributed by atoms with van der Waals surface area (Å²) in [5, 5.41) is 2.84. The zero-order chi connectivity index (χ0) is 13.7. The second-order valence-corrected chi connectivity index (χ2v) is 4.90. The smallest absolute Gasteiger partial charge is 0.244 e. The van der Waals surface area contributed by atoms with Crippen LogP contribution in [-0.4, -0.2) is 11.4 Å². The molecule has 0 fully saturated rings. The minimum atomic E-state index is -0.933. The Morgan fingerprint density at radius 3 is 2.16 bits per heavy atom. The molecule has 1 unspecified atom stereocenters. The molecular weight excluding hydrogens is 236 g/mol. The first-order valence-corrected chi connectivity index (χ1v) is 6.27. The number of para-hydroxylation sites is 1. The minimum Gasteiger partial charge on any atom is -0.324 e. The zero-order valence-electron chi connectivity index (χ0n) is 11.0. The highest BCUT2D eigenvalue weighted by Crippen LogP contribution is 2.14. The molecule has 3 heteroatoms. The van der Waals surface area contributed by atoms with E-state index in [1.165, 1.54) is 0 Å². The lowest BCUT2D eigenvalue weighted by molar-refractivity contribution is -0.120. The molecule has 0 aromatic heterocycles. The third kappa shape index (κ3) is 3.66. The molecule has 3 nitrogen and oxygen atoms in total. The third-order valence-corrected chi connectivity index (χ3v) is 2.96. The Kier molecular flexibility index (Phi) is 3.97. The van der Waals surface area contributed by atoms with E-state index in [-0.39, 0.29) is 5.91 Å². The molecule has 0 saturated heterocycles. The molecule has 1 atom stereocenters. The largest absolute Gasteiger partial charge is 0.324 e. The first-order valence-electron chi connectivity index (χ1n) is 6.27.